The molecular weight excluding hydrogens is 330 g/mol. The van der Waals surface area contributed by atoms with Crippen LogP contribution >= 0.6 is 0 Å². The van der Waals surface area contributed by atoms with Gasteiger partial charge < -0.3 is 19.5 Å². The van der Waals surface area contributed by atoms with Crippen molar-refractivity contribution in [2.75, 3.05) is 19.8 Å². The molecule has 1 amide bonds. The molecule has 0 aliphatic carbocycles. The lowest BCUT2D eigenvalue weighted by molar-refractivity contribution is -0.122. The summed E-state index contributed by atoms with van der Waals surface area (Å²) in [6.45, 7) is 3.63. The highest BCUT2D eigenvalue weighted by Gasteiger charge is 2.22. The first-order valence-electron chi connectivity index (χ1n) is 9.13. The summed E-state index contributed by atoms with van der Waals surface area (Å²) in [7, 11) is 0. The number of benzene rings is 2. The van der Waals surface area contributed by atoms with E-state index in [0.717, 1.165) is 23.5 Å². The van der Waals surface area contributed by atoms with E-state index in [1.807, 2.05) is 55.5 Å². The van der Waals surface area contributed by atoms with Gasteiger partial charge in [-0.05, 0) is 31.5 Å². The highest BCUT2D eigenvalue weighted by molar-refractivity contribution is 5.76. The minimum Gasteiger partial charge on any atom is -0.493 e. The molecule has 0 spiro atoms. The van der Waals surface area contributed by atoms with E-state index in [9.17, 15) is 4.79 Å². The summed E-state index contributed by atoms with van der Waals surface area (Å²) in [5.41, 5.74) is 1.05. The van der Waals surface area contributed by atoms with Crippen LogP contribution in [0.5, 0.6) is 17.2 Å². The Morgan fingerprint density at radius 1 is 1.12 bits per heavy atom. The van der Waals surface area contributed by atoms with Crippen molar-refractivity contribution in [1.29, 1.82) is 0 Å². The van der Waals surface area contributed by atoms with E-state index in [1.54, 1.807) is 0 Å². The smallest absolute Gasteiger partial charge is 0.220 e. The molecule has 0 aromatic heterocycles. The minimum absolute atomic E-state index is 0.0204. The number of fused-ring (bicyclic) bond motifs is 1. The molecule has 2 aromatic rings. The van der Waals surface area contributed by atoms with E-state index >= 15 is 0 Å². The van der Waals surface area contributed by atoms with Crippen molar-refractivity contribution in [3.8, 4) is 17.2 Å². The maximum Gasteiger partial charge on any atom is 0.220 e. The Hall–Kier alpha value is -2.69. The lowest BCUT2D eigenvalue weighted by Crippen LogP contribution is -2.32. The van der Waals surface area contributed by atoms with E-state index in [1.165, 1.54) is 0 Å². The van der Waals surface area contributed by atoms with Gasteiger partial charge in [-0.3, -0.25) is 4.79 Å². The fraction of sp³-hybridized carbons (Fsp3) is 0.381. The molecule has 1 N–H and O–H groups in total. The second-order valence-corrected chi connectivity index (χ2v) is 6.13. The topological polar surface area (TPSA) is 56.8 Å². The molecule has 5 nitrogen and oxygen atoms in total. The van der Waals surface area contributed by atoms with Crippen LogP contribution in [0.25, 0.3) is 0 Å². The number of hydrogen-bond acceptors (Lipinski definition) is 4. The van der Waals surface area contributed by atoms with Crippen molar-refractivity contribution in [1.82, 2.24) is 5.32 Å². The normalized spacial score (nSPS) is 15.5. The van der Waals surface area contributed by atoms with Crippen LogP contribution in [-0.4, -0.2) is 25.7 Å². The van der Waals surface area contributed by atoms with Crippen molar-refractivity contribution in [2.45, 2.75) is 32.2 Å². The van der Waals surface area contributed by atoms with Crippen LogP contribution in [0.4, 0.5) is 0 Å². The minimum atomic E-state index is 0.0204. The quantitative estimate of drug-likeness (QED) is 0.730. The van der Waals surface area contributed by atoms with Crippen LogP contribution in [0, 0.1) is 0 Å². The van der Waals surface area contributed by atoms with Crippen molar-refractivity contribution >= 4 is 5.91 Å². The molecule has 1 atom stereocenters. The number of para-hydroxylation sites is 3. The van der Waals surface area contributed by atoms with Gasteiger partial charge in [-0.2, -0.15) is 0 Å². The van der Waals surface area contributed by atoms with Gasteiger partial charge in [0.05, 0.1) is 25.9 Å². The number of carbonyl (C=O) groups is 1. The summed E-state index contributed by atoms with van der Waals surface area (Å²) in [5, 5.41) is 3.11. The van der Waals surface area contributed by atoms with Gasteiger partial charge in [0.1, 0.15) is 5.75 Å². The van der Waals surface area contributed by atoms with Crippen LogP contribution in [0.1, 0.15) is 37.8 Å². The van der Waals surface area contributed by atoms with Gasteiger partial charge in [0.15, 0.2) is 11.5 Å². The molecule has 0 saturated carbocycles. The van der Waals surface area contributed by atoms with Gasteiger partial charge in [-0.1, -0.05) is 30.3 Å². The zero-order valence-corrected chi connectivity index (χ0v) is 15.1. The summed E-state index contributed by atoms with van der Waals surface area (Å²) in [6.07, 6.45) is 1.87. The van der Waals surface area contributed by atoms with Crippen LogP contribution in [0.3, 0.4) is 0 Å². The first-order chi connectivity index (χ1) is 12.8. The van der Waals surface area contributed by atoms with Gasteiger partial charge in [0.25, 0.3) is 0 Å². The van der Waals surface area contributed by atoms with Crippen LogP contribution in [0.2, 0.25) is 0 Å². The third-order valence-electron chi connectivity index (χ3n) is 4.25. The Morgan fingerprint density at radius 3 is 2.65 bits per heavy atom. The Morgan fingerprint density at radius 2 is 1.85 bits per heavy atom. The number of nitrogens with one attached hydrogen (secondary N) is 1. The molecular formula is C21H25NO4. The summed E-state index contributed by atoms with van der Waals surface area (Å²) >= 11 is 0. The highest BCUT2D eigenvalue weighted by atomic mass is 16.5. The molecule has 1 heterocycles. The fourth-order valence-corrected chi connectivity index (χ4v) is 3.02. The van der Waals surface area contributed by atoms with Gasteiger partial charge in [-0.15, -0.1) is 0 Å². The van der Waals surface area contributed by atoms with Crippen LogP contribution in [-0.2, 0) is 4.79 Å². The molecule has 1 aliphatic heterocycles. The van der Waals surface area contributed by atoms with E-state index < -0.39 is 0 Å². The van der Waals surface area contributed by atoms with Crippen molar-refractivity contribution < 1.29 is 19.0 Å². The monoisotopic (exact) mass is 355 g/mol. The average Bonchev–Trinajstić information content (AvgIpc) is 2.67. The molecule has 1 aliphatic rings. The van der Waals surface area contributed by atoms with E-state index in [4.69, 9.17) is 14.2 Å². The third kappa shape index (κ3) is 4.69. The molecule has 26 heavy (non-hydrogen) atoms. The van der Waals surface area contributed by atoms with Gasteiger partial charge >= 0.3 is 0 Å². The molecule has 0 fully saturated rings. The first kappa shape index (κ1) is 18.1. The zero-order valence-electron chi connectivity index (χ0n) is 15.1. The van der Waals surface area contributed by atoms with Crippen LogP contribution in [0.15, 0.2) is 48.5 Å². The van der Waals surface area contributed by atoms with E-state index in [2.05, 4.69) is 5.32 Å². The Bertz CT molecular complexity index is 731. The summed E-state index contributed by atoms with van der Waals surface area (Å²) in [6, 6.07) is 15.5. The molecule has 0 radical (unpaired) electrons. The number of carbonyl (C=O) groups excluding carboxylic acids is 1. The lowest BCUT2D eigenvalue weighted by Gasteiger charge is -2.26. The Labute approximate surface area is 154 Å². The number of rotatable bonds is 8. The second-order valence-electron chi connectivity index (χ2n) is 6.13. The Kier molecular flexibility index (Phi) is 6.36. The maximum atomic E-state index is 12.3. The highest BCUT2D eigenvalue weighted by Crippen LogP contribution is 2.31. The van der Waals surface area contributed by atoms with E-state index in [0.29, 0.717) is 38.4 Å². The molecule has 0 bridgehead atoms. The lowest BCUT2D eigenvalue weighted by atomic mass is 10.0. The summed E-state index contributed by atoms with van der Waals surface area (Å²) in [4.78, 5) is 12.3. The number of ether oxygens (including phenoxy) is 3. The largest absolute Gasteiger partial charge is 0.493 e. The first-order valence-corrected chi connectivity index (χ1v) is 9.13. The average molecular weight is 355 g/mol. The zero-order chi connectivity index (χ0) is 18.2. The summed E-state index contributed by atoms with van der Waals surface area (Å²) in [5.74, 6) is 2.35. The van der Waals surface area contributed by atoms with E-state index in [-0.39, 0.29) is 11.9 Å². The molecule has 3 rings (SSSR count). The SMILES string of the molecule is CCOc1ccccc1OCCCC(=O)NC1CCOc2ccccc21. The molecule has 138 valence electrons. The summed E-state index contributed by atoms with van der Waals surface area (Å²) < 4.78 is 16.9. The number of hydrogen-bond donors (Lipinski definition) is 1. The Balaban J connectivity index is 1.44. The van der Waals surface area contributed by atoms with Gasteiger partial charge in [-0.25, -0.2) is 0 Å². The molecule has 0 saturated heterocycles. The van der Waals surface area contributed by atoms with Crippen molar-refractivity contribution in [3.05, 3.63) is 54.1 Å². The number of amides is 1. The standard InChI is InChI=1S/C21H25NO4/c1-2-24-19-10-5-6-11-20(19)25-14-7-12-21(23)22-17-13-15-26-18-9-4-3-8-16(17)18/h3-6,8-11,17H,2,7,12-15H2,1H3,(H,22,23). The fourth-order valence-electron chi connectivity index (χ4n) is 3.02. The molecule has 1 unspecified atom stereocenters. The predicted molar refractivity (Wildman–Crippen MR) is 99.8 cm³/mol. The van der Waals surface area contributed by atoms with Crippen LogP contribution < -0.4 is 19.5 Å². The van der Waals surface area contributed by atoms with Crippen molar-refractivity contribution in [3.63, 3.8) is 0 Å². The van der Waals surface area contributed by atoms with Gasteiger partial charge in [0, 0.05) is 18.4 Å². The third-order valence-corrected chi connectivity index (χ3v) is 4.25. The van der Waals surface area contributed by atoms with Gasteiger partial charge in [0.2, 0.25) is 5.91 Å². The second kappa shape index (κ2) is 9.13. The van der Waals surface area contributed by atoms with Crippen molar-refractivity contribution in [2.24, 2.45) is 0 Å². The maximum absolute atomic E-state index is 12.3. The molecule has 2 aromatic carbocycles. The predicted octanol–water partition coefficient (Wildman–Crippen LogP) is 3.88. The molecule has 5 heteroatoms.